The molecular weight excluding hydrogens is 312 g/mol. The number of benzene rings is 1. The third-order valence-corrected chi connectivity index (χ3v) is 5.59. The fraction of sp³-hybridized carbons (Fsp3) is 0.571. The lowest BCUT2D eigenvalue weighted by Crippen LogP contribution is -2.51. The molecule has 118 valence electrons. The first kappa shape index (κ1) is 16.5. The van der Waals surface area contributed by atoms with Crippen molar-refractivity contribution in [2.24, 2.45) is 5.73 Å². The van der Waals surface area contributed by atoms with E-state index in [2.05, 4.69) is 4.72 Å². The van der Waals surface area contributed by atoms with E-state index in [-0.39, 0.29) is 16.5 Å². The number of hydrogen-bond acceptors (Lipinski definition) is 4. The minimum Gasteiger partial charge on any atom is -0.495 e. The largest absolute Gasteiger partial charge is 0.495 e. The fourth-order valence-electron chi connectivity index (χ4n) is 2.57. The van der Waals surface area contributed by atoms with Crippen LogP contribution in [0.4, 0.5) is 0 Å². The Labute approximate surface area is 130 Å². The molecular formula is C14H21ClN2O3S. The molecule has 1 aromatic rings. The Morgan fingerprint density at radius 3 is 2.57 bits per heavy atom. The van der Waals surface area contributed by atoms with Crippen molar-refractivity contribution in [1.82, 2.24) is 4.72 Å². The van der Waals surface area contributed by atoms with Crippen LogP contribution in [0, 0.1) is 0 Å². The molecule has 1 aliphatic carbocycles. The zero-order valence-corrected chi connectivity index (χ0v) is 13.6. The van der Waals surface area contributed by atoms with Gasteiger partial charge < -0.3 is 10.5 Å². The first-order valence-electron chi connectivity index (χ1n) is 6.98. The van der Waals surface area contributed by atoms with Gasteiger partial charge in [0, 0.05) is 12.1 Å². The van der Waals surface area contributed by atoms with Gasteiger partial charge in [0.1, 0.15) is 5.75 Å². The average Bonchev–Trinajstić information content (AvgIpc) is 2.46. The Hall–Kier alpha value is -0.820. The molecule has 0 radical (unpaired) electrons. The summed E-state index contributed by atoms with van der Waals surface area (Å²) in [7, 11) is -2.13. The highest BCUT2D eigenvalue weighted by molar-refractivity contribution is 7.89. The van der Waals surface area contributed by atoms with Crippen molar-refractivity contribution in [1.29, 1.82) is 0 Å². The molecule has 0 bridgehead atoms. The maximum absolute atomic E-state index is 12.3. The SMILES string of the molecule is COc1ccc(S(=O)(=O)NCC2(N)CCCCC2)cc1Cl. The summed E-state index contributed by atoms with van der Waals surface area (Å²) in [5.74, 6) is 0.443. The molecule has 1 aliphatic rings. The second-order valence-corrected chi connectivity index (χ2v) is 7.72. The van der Waals surface area contributed by atoms with Crippen molar-refractivity contribution in [2.75, 3.05) is 13.7 Å². The molecule has 21 heavy (non-hydrogen) atoms. The Morgan fingerprint density at radius 2 is 2.00 bits per heavy atom. The van der Waals surface area contributed by atoms with Crippen LogP contribution in [-0.4, -0.2) is 27.6 Å². The van der Waals surface area contributed by atoms with Gasteiger partial charge >= 0.3 is 0 Å². The highest BCUT2D eigenvalue weighted by Crippen LogP contribution is 2.28. The minimum atomic E-state index is -3.62. The summed E-state index contributed by atoms with van der Waals surface area (Å²) in [6.45, 7) is 0.249. The maximum Gasteiger partial charge on any atom is 0.240 e. The summed E-state index contributed by atoms with van der Waals surface area (Å²) in [6.07, 6.45) is 4.96. The normalized spacial score (nSPS) is 18.4. The second kappa shape index (κ2) is 6.52. The van der Waals surface area contributed by atoms with E-state index in [4.69, 9.17) is 22.1 Å². The van der Waals surface area contributed by atoms with Gasteiger partial charge in [-0.2, -0.15) is 0 Å². The van der Waals surface area contributed by atoms with E-state index in [9.17, 15) is 8.42 Å². The molecule has 0 saturated heterocycles. The van der Waals surface area contributed by atoms with Gasteiger partial charge in [-0.15, -0.1) is 0 Å². The van der Waals surface area contributed by atoms with Gasteiger partial charge in [-0.1, -0.05) is 30.9 Å². The number of rotatable bonds is 5. The van der Waals surface area contributed by atoms with Gasteiger partial charge in [0.2, 0.25) is 10.0 Å². The third kappa shape index (κ3) is 4.10. The minimum absolute atomic E-state index is 0.118. The number of nitrogens with one attached hydrogen (secondary N) is 1. The molecule has 1 aromatic carbocycles. The van der Waals surface area contributed by atoms with E-state index >= 15 is 0 Å². The Morgan fingerprint density at radius 1 is 1.33 bits per heavy atom. The molecule has 0 heterocycles. The number of sulfonamides is 1. The van der Waals surface area contributed by atoms with Crippen LogP contribution in [0.15, 0.2) is 23.1 Å². The number of methoxy groups -OCH3 is 1. The molecule has 1 saturated carbocycles. The lowest BCUT2D eigenvalue weighted by molar-refractivity contribution is 0.296. The molecule has 0 spiro atoms. The molecule has 0 aromatic heterocycles. The van der Waals surface area contributed by atoms with Gasteiger partial charge in [0.15, 0.2) is 0 Å². The summed E-state index contributed by atoms with van der Waals surface area (Å²) < 4.78 is 32.2. The molecule has 0 atom stereocenters. The van der Waals surface area contributed by atoms with E-state index in [1.807, 2.05) is 0 Å². The maximum atomic E-state index is 12.3. The molecule has 3 N–H and O–H groups in total. The number of hydrogen-bond donors (Lipinski definition) is 2. The average molecular weight is 333 g/mol. The Balaban J connectivity index is 2.09. The van der Waals surface area contributed by atoms with E-state index in [1.165, 1.54) is 31.7 Å². The number of nitrogens with two attached hydrogens (primary N) is 1. The fourth-order valence-corrected chi connectivity index (χ4v) is 4.06. The van der Waals surface area contributed by atoms with E-state index < -0.39 is 15.6 Å². The molecule has 7 heteroatoms. The second-order valence-electron chi connectivity index (χ2n) is 5.54. The summed E-state index contributed by atoms with van der Waals surface area (Å²) in [5, 5.41) is 0.264. The molecule has 0 aliphatic heterocycles. The zero-order valence-electron chi connectivity index (χ0n) is 12.1. The predicted molar refractivity (Wildman–Crippen MR) is 83.2 cm³/mol. The molecule has 5 nitrogen and oxygen atoms in total. The zero-order chi connectivity index (χ0) is 15.5. The topological polar surface area (TPSA) is 81.4 Å². The highest BCUT2D eigenvalue weighted by atomic mass is 35.5. The summed E-state index contributed by atoms with van der Waals surface area (Å²) in [6, 6.07) is 4.39. The molecule has 2 rings (SSSR count). The van der Waals surface area contributed by atoms with Crippen LogP contribution in [0.3, 0.4) is 0 Å². The first-order chi connectivity index (χ1) is 9.86. The van der Waals surface area contributed by atoms with Gasteiger partial charge in [-0.3, -0.25) is 0 Å². The monoisotopic (exact) mass is 332 g/mol. The van der Waals surface area contributed by atoms with Crippen LogP contribution >= 0.6 is 11.6 Å². The standard InChI is InChI=1S/C14H21ClN2O3S/c1-20-13-6-5-11(9-12(13)15)21(18,19)17-10-14(16)7-3-2-4-8-14/h5-6,9,17H,2-4,7-8,10,16H2,1H3. The third-order valence-electron chi connectivity index (χ3n) is 3.90. The van der Waals surface area contributed by atoms with Crippen LogP contribution in [-0.2, 0) is 10.0 Å². The van der Waals surface area contributed by atoms with Crippen LogP contribution in [0.25, 0.3) is 0 Å². The Bertz CT molecular complexity index is 598. The summed E-state index contributed by atoms with van der Waals surface area (Å²) >= 11 is 5.97. The molecule has 1 fully saturated rings. The Kier molecular flexibility index (Phi) is 5.14. The van der Waals surface area contributed by atoms with E-state index in [0.717, 1.165) is 25.7 Å². The van der Waals surface area contributed by atoms with Crippen LogP contribution in [0.5, 0.6) is 5.75 Å². The van der Waals surface area contributed by atoms with Crippen molar-refractivity contribution in [2.45, 2.75) is 42.5 Å². The van der Waals surface area contributed by atoms with Gasteiger partial charge in [-0.05, 0) is 31.0 Å². The van der Waals surface area contributed by atoms with Gasteiger partial charge in [0.25, 0.3) is 0 Å². The predicted octanol–water partition coefficient (Wildman–Crippen LogP) is 2.29. The smallest absolute Gasteiger partial charge is 0.240 e. The van der Waals surface area contributed by atoms with Crippen molar-refractivity contribution in [3.63, 3.8) is 0 Å². The lowest BCUT2D eigenvalue weighted by atomic mass is 9.83. The van der Waals surface area contributed by atoms with Crippen molar-refractivity contribution in [3.8, 4) is 5.75 Å². The highest BCUT2D eigenvalue weighted by Gasteiger charge is 2.29. The van der Waals surface area contributed by atoms with Crippen LogP contribution < -0.4 is 15.2 Å². The van der Waals surface area contributed by atoms with E-state index in [1.54, 1.807) is 0 Å². The number of ether oxygens (including phenoxy) is 1. The quantitative estimate of drug-likeness (QED) is 0.866. The van der Waals surface area contributed by atoms with E-state index in [0.29, 0.717) is 5.75 Å². The lowest BCUT2D eigenvalue weighted by Gasteiger charge is -2.33. The van der Waals surface area contributed by atoms with Crippen molar-refractivity contribution in [3.05, 3.63) is 23.2 Å². The van der Waals surface area contributed by atoms with Gasteiger partial charge in [-0.25, -0.2) is 13.1 Å². The van der Waals surface area contributed by atoms with Crippen LogP contribution in [0.2, 0.25) is 5.02 Å². The molecule has 0 unspecified atom stereocenters. The molecule has 0 amide bonds. The van der Waals surface area contributed by atoms with Crippen molar-refractivity contribution >= 4 is 21.6 Å². The summed E-state index contributed by atoms with van der Waals surface area (Å²) in [4.78, 5) is 0.118. The number of halogens is 1. The van der Waals surface area contributed by atoms with Gasteiger partial charge in [0.05, 0.1) is 17.0 Å². The van der Waals surface area contributed by atoms with Crippen LogP contribution in [0.1, 0.15) is 32.1 Å². The van der Waals surface area contributed by atoms with Crippen molar-refractivity contribution < 1.29 is 13.2 Å². The summed E-state index contributed by atoms with van der Waals surface area (Å²) in [5.41, 5.74) is 5.80. The first-order valence-corrected chi connectivity index (χ1v) is 8.84.